The molecule has 1 aromatic carbocycles. The molecule has 1 amide bonds. The average Bonchev–Trinajstić information content (AvgIpc) is 2.46. The molecule has 0 spiro atoms. The number of carbonyl (C=O) groups excluding carboxylic acids is 1. The fourth-order valence-electron chi connectivity index (χ4n) is 3.10. The zero-order valence-electron chi connectivity index (χ0n) is 11.5. The van der Waals surface area contributed by atoms with Crippen molar-refractivity contribution in [3.05, 3.63) is 35.6 Å². The number of hydrogen-bond acceptors (Lipinski definition) is 1. The first-order valence-corrected chi connectivity index (χ1v) is 7.16. The highest BCUT2D eigenvalue weighted by Gasteiger charge is 2.26. The summed E-state index contributed by atoms with van der Waals surface area (Å²) in [5, 5.41) is 2.70. The van der Waals surface area contributed by atoms with Crippen LogP contribution in [0, 0.1) is 11.7 Å². The van der Waals surface area contributed by atoms with Crippen LogP contribution in [0.15, 0.2) is 24.3 Å². The quantitative estimate of drug-likeness (QED) is 0.883. The van der Waals surface area contributed by atoms with Crippen LogP contribution in [0.1, 0.15) is 50.0 Å². The van der Waals surface area contributed by atoms with E-state index in [9.17, 15) is 9.18 Å². The maximum Gasteiger partial charge on any atom is 0.220 e. The molecule has 0 saturated heterocycles. The van der Waals surface area contributed by atoms with E-state index in [1.807, 2.05) is 12.1 Å². The summed E-state index contributed by atoms with van der Waals surface area (Å²) in [6.45, 7) is 0. The number of carbonyl (C=O) groups is 1. The van der Waals surface area contributed by atoms with Crippen molar-refractivity contribution in [3.63, 3.8) is 0 Å². The standard InChI is InChI=1S/C16H22FNO/c1-18-16(19)11-15(12-5-3-2-4-6-12)13-7-9-14(17)10-8-13/h7-10,12,15H,2-6,11H2,1H3,(H,18,19). The highest BCUT2D eigenvalue weighted by Crippen LogP contribution is 2.38. The monoisotopic (exact) mass is 263 g/mol. The van der Waals surface area contributed by atoms with Crippen molar-refractivity contribution in [2.24, 2.45) is 5.92 Å². The number of amides is 1. The van der Waals surface area contributed by atoms with E-state index in [1.54, 1.807) is 7.05 Å². The normalized spacial score (nSPS) is 18.0. The van der Waals surface area contributed by atoms with Crippen molar-refractivity contribution in [3.8, 4) is 0 Å². The van der Waals surface area contributed by atoms with E-state index in [-0.39, 0.29) is 17.6 Å². The Morgan fingerprint density at radius 1 is 1.26 bits per heavy atom. The van der Waals surface area contributed by atoms with Crippen LogP contribution >= 0.6 is 0 Å². The zero-order valence-corrected chi connectivity index (χ0v) is 11.5. The van der Waals surface area contributed by atoms with Gasteiger partial charge in [0.1, 0.15) is 5.82 Å². The number of halogens is 1. The second-order valence-corrected chi connectivity index (χ2v) is 5.43. The van der Waals surface area contributed by atoms with Crippen molar-refractivity contribution in [2.45, 2.75) is 44.4 Å². The molecule has 2 nitrogen and oxygen atoms in total. The van der Waals surface area contributed by atoms with Crippen LogP contribution in [0.5, 0.6) is 0 Å². The minimum absolute atomic E-state index is 0.0694. The van der Waals surface area contributed by atoms with Crippen LogP contribution in [-0.4, -0.2) is 13.0 Å². The van der Waals surface area contributed by atoms with Crippen molar-refractivity contribution in [1.82, 2.24) is 5.32 Å². The Kier molecular flexibility index (Phi) is 4.94. The van der Waals surface area contributed by atoms with Crippen molar-refractivity contribution >= 4 is 5.91 Å². The molecule has 19 heavy (non-hydrogen) atoms. The molecule has 0 aromatic heterocycles. The molecule has 1 saturated carbocycles. The SMILES string of the molecule is CNC(=O)CC(c1ccc(F)cc1)C1CCCCC1. The van der Waals surface area contributed by atoms with Gasteiger partial charge < -0.3 is 5.32 Å². The molecule has 2 rings (SSSR count). The van der Waals surface area contributed by atoms with Gasteiger partial charge in [-0.3, -0.25) is 4.79 Å². The Bertz CT molecular complexity index is 409. The van der Waals surface area contributed by atoms with Gasteiger partial charge in [-0.2, -0.15) is 0 Å². The number of rotatable bonds is 4. The number of benzene rings is 1. The Morgan fingerprint density at radius 2 is 1.89 bits per heavy atom. The van der Waals surface area contributed by atoms with E-state index < -0.39 is 0 Å². The Hall–Kier alpha value is -1.38. The van der Waals surface area contributed by atoms with Gasteiger partial charge in [0.05, 0.1) is 0 Å². The third-order valence-corrected chi connectivity index (χ3v) is 4.20. The van der Waals surface area contributed by atoms with Gasteiger partial charge in [0.25, 0.3) is 0 Å². The molecular weight excluding hydrogens is 241 g/mol. The van der Waals surface area contributed by atoms with E-state index in [4.69, 9.17) is 0 Å². The molecule has 1 aromatic rings. The molecular formula is C16H22FNO. The summed E-state index contributed by atoms with van der Waals surface area (Å²) in [5.41, 5.74) is 1.09. The summed E-state index contributed by atoms with van der Waals surface area (Å²) in [4.78, 5) is 11.7. The zero-order chi connectivity index (χ0) is 13.7. The summed E-state index contributed by atoms with van der Waals surface area (Å²) in [5.74, 6) is 0.628. The number of nitrogens with one attached hydrogen (secondary N) is 1. The summed E-state index contributed by atoms with van der Waals surface area (Å²) < 4.78 is 13.0. The van der Waals surface area contributed by atoms with Gasteiger partial charge in [-0.05, 0) is 42.4 Å². The second-order valence-electron chi connectivity index (χ2n) is 5.43. The van der Waals surface area contributed by atoms with Gasteiger partial charge in [-0.15, -0.1) is 0 Å². The third kappa shape index (κ3) is 3.79. The van der Waals surface area contributed by atoms with Gasteiger partial charge in [0.2, 0.25) is 5.91 Å². The highest BCUT2D eigenvalue weighted by molar-refractivity contribution is 5.76. The topological polar surface area (TPSA) is 29.1 Å². The fraction of sp³-hybridized carbons (Fsp3) is 0.562. The van der Waals surface area contributed by atoms with Crippen LogP contribution in [0.3, 0.4) is 0 Å². The van der Waals surface area contributed by atoms with Crippen molar-refractivity contribution < 1.29 is 9.18 Å². The van der Waals surface area contributed by atoms with Crippen LogP contribution < -0.4 is 5.32 Å². The van der Waals surface area contributed by atoms with Crippen LogP contribution in [0.2, 0.25) is 0 Å². The third-order valence-electron chi connectivity index (χ3n) is 4.20. The first kappa shape index (κ1) is 14.0. The fourth-order valence-corrected chi connectivity index (χ4v) is 3.10. The summed E-state index contributed by atoms with van der Waals surface area (Å²) in [6, 6.07) is 6.65. The predicted octanol–water partition coefficient (Wildman–Crippen LogP) is 3.63. The second kappa shape index (κ2) is 6.69. The summed E-state index contributed by atoms with van der Waals surface area (Å²) in [7, 11) is 1.67. The van der Waals surface area contributed by atoms with E-state index in [0.29, 0.717) is 12.3 Å². The lowest BCUT2D eigenvalue weighted by Crippen LogP contribution is -2.25. The molecule has 1 aliphatic rings. The van der Waals surface area contributed by atoms with Gasteiger partial charge >= 0.3 is 0 Å². The van der Waals surface area contributed by atoms with Crippen LogP contribution in [-0.2, 0) is 4.79 Å². The van der Waals surface area contributed by atoms with Gasteiger partial charge in [-0.25, -0.2) is 4.39 Å². The van der Waals surface area contributed by atoms with E-state index in [1.165, 1.54) is 44.2 Å². The minimum atomic E-state index is -0.217. The van der Waals surface area contributed by atoms with Crippen LogP contribution in [0.25, 0.3) is 0 Å². The highest BCUT2D eigenvalue weighted by atomic mass is 19.1. The summed E-state index contributed by atoms with van der Waals surface area (Å²) >= 11 is 0. The molecule has 0 heterocycles. The molecule has 3 heteroatoms. The predicted molar refractivity (Wildman–Crippen MR) is 74.4 cm³/mol. The lowest BCUT2D eigenvalue weighted by molar-refractivity contribution is -0.121. The first-order valence-electron chi connectivity index (χ1n) is 7.16. The molecule has 1 fully saturated rings. The van der Waals surface area contributed by atoms with E-state index in [0.717, 1.165) is 5.56 Å². The number of hydrogen-bond donors (Lipinski definition) is 1. The lowest BCUT2D eigenvalue weighted by Gasteiger charge is -2.30. The molecule has 1 aliphatic carbocycles. The van der Waals surface area contributed by atoms with Crippen molar-refractivity contribution in [1.29, 1.82) is 0 Å². The lowest BCUT2D eigenvalue weighted by atomic mass is 9.75. The van der Waals surface area contributed by atoms with E-state index in [2.05, 4.69) is 5.32 Å². The van der Waals surface area contributed by atoms with Crippen molar-refractivity contribution in [2.75, 3.05) is 7.05 Å². The maximum absolute atomic E-state index is 13.0. The molecule has 0 bridgehead atoms. The molecule has 1 atom stereocenters. The van der Waals surface area contributed by atoms with E-state index >= 15 is 0 Å². The Balaban J connectivity index is 2.17. The smallest absolute Gasteiger partial charge is 0.220 e. The molecule has 0 aliphatic heterocycles. The molecule has 0 radical (unpaired) electrons. The maximum atomic E-state index is 13.0. The van der Waals surface area contributed by atoms with Gasteiger partial charge in [0.15, 0.2) is 0 Å². The minimum Gasteiger partial charge on any atom is -0.359 e. The largest absolute Gasteiger partial charge is 0.359 e. The Morgan fingerprint density at radius 3 is 2.47 bits per heavy atom. The average molecular weight is 263 g/mol. The molecule has 104 valence electrons. The molecule has 1 N–H and O–H groups in total. The Labute approximate surface area is 114 Å². The van der Waals surface area contributed by atoms with Gasteiger partial charge in [-0.1, -0.05) is 31.4 Å². The molecule has 1 unspecified atom stereocenters. The van der Waals surface area contributed by atoms with Gasteiger partial charge in [0, 0.05) is 13.5 Å². The first-order chi connectivity index (χ1) is 9.20. The van der Waals surface area contributed by atoms with Crippen LogP contribution in [0.4, 0.5) is 4.39 Å². The summed E-state index contributed by atoms with van der Waals surface area (Å²) in [6.07, 6.45) is 6.66.